The summed E-state index contributed by atoms with van der Waals surface area (Å²) < 4.78 is 0. The maximum Gasteiger partial charge on any atom is 0.0800 e. The lowest BCUT2D eigenvalue weighted by Gasteiger charge is -2.14. The number of hydrogen-bond acceptors (Lipinski definition) is 2. The highest BCUT2D eigenvalue weighted by molar-refractivity contribution is 5.47. The van der Waals surface area contributed by atoms with E-state index in [-0.39, 0.29) is 0 Å². The van der Waals surface area contributed by atoms with Crippen LogP contribution in [0.4, 0.5) is 5.69 Å². The molecule has 0 atom stereocenters. The lowest BCUT2D eigenvalue weighted by atomic mass is 10.3. The van der Waals surface area contributed by atoms with Crippen LogP contribution >= 0.6 is 0 Å². The molecule has 11 heavy (non-hydrogen) atoms. The predicted molar refractivity (Wildman–Crippen MR) is 44.7 cm³/mol. The lowest BCUT2D eigenvalue weighted by Crippen LogP contribution is -2.28. The van der Waals surface area contributed by atoms with Gasteiger partial charge in [0.25, 0.3) is 0 Å². The first-order chi connectivity index (χ1) is 5.47. The minimum atomic E-state index is 0.870. The first kappa shape index (κ1) is 6.43. The number of benzene rings is 1. The molecule has 0 unspecified atom stereocenters. The summed E-state index contributed by atoms with van der Waals surface area (Å²) >= 11 is 0. The Hall–Kier alpha value is -1.28. The topological polar surface area (TPSA) is 15.3 Å². The van der Waals surface area contributed by atoms with Gasteiger partial charge < -0.3 is 0 Å². The molecule has 0 amide bonds. The third-order valence-electron chi connectivity index (χ3n) is 1.59. The fourth-order valence-electron chi connectivity index (χ4n) is 1.06. The molecule has 0 aromatic heterocycles. The van der Waals surface area contributed by atoms with Crippen molar-refractivity contribution in [3.63, 3.8) is 0 Å². The van der Waals surface area contributed by atoms with Crippen LogP contribution in [0.25, 0.3) is 0 Å². The van der Waals surface area contributed by atoms with Gasteiger partial charge in [0, 0.05) is 6.54 Å². The Bertz CT molecular complexity index is 254. The Morgan fingerprint density at radius 2 is 2.09 bits per heavy atom. The summed E-state index contributed by atoms with van der Waals surface area (Å²) in [4.78, 5) is 0. The summed E-state index contributed by atoms with van der Waals surface area (Å²) in [5.41, 5.74) is 4.27. The minimum Gasteiger partial charge on any atom is -0.275 e. The summed E-state index contributed by atoms with van der Waals surface area (Å²) in [6.45, 7) is 0.870. The molecular formula is C9H9N2. The van der Waals surface area contributed by atoms with E-state index in [1.807, 2.05) is 41.4 Å². The van der Waals surface area contributed by atoms with E-state index in [0.29, 0.717) is 0 Å². The van der Waals surface area contributed by atoms with Crippen molar-refractivity contribution in [1.82, 2.24) is 5.43 Å². The lowest BCUT2D eigenvalue weighted by molar-refractivity contribution is 0.806. The molecule has 0 fully saturated rings. The van der Waals surface area contributed by atoms with Gasteiger partial charge in [-0.2, -0.15) is 0 Å². The van der Waals surface area contributed by atoms with Crippen LogP contribution in [0.5, 0.6) is 0 Å². The number of hydrazine groups is 1. The normalized spacial score (nSPS) is 15.8. The van der Waals surface area contributed by atoms with E-state index in [1.54, 1.807) is 0 Å². The molecule has 1 radical (unpaired) electrons. The molecule has 0 aliphatic carbocycles. The van der Waals surface area contributed by atoms with Gasteiger partial charge >= 0.3 is 0 Å². The van der Waals surface area contributed by atoms with E-state index in [0.717, 1.165) is 12.2 Å². The number of nitrogens with zero attached hydrogens (tertiary/aromatic N) is 1. The molecule has 2 heteroatoms. The van der Waals surface area contributed by atoms with Gasteiger partial charge in [-0.3, -0.25) is 5.01 Å². The van der Waals surface area contributed by atoms with Gasteiger partial charge in [-0.25, -0.2) is 5.43 Å². The molecule has 55 valence electrons. The second-order valence-corrected chi connectivity index (χ2v) is 2.37. The van der Waals surface area contributed by atoms with E-state index in [9.17, 15) is 0 Å². The predicted octanol–water partition coefficient (Wildman–Crippen LogP) is 1.33. The average molecular weight is 145 g/mol. The Balaban J connectivity index is 2.23. The van der Waals surface area contributed by atoms with Crippen molar-refractivity contribution in [2.45, 2.75) is 0 Å². The fourth-order valence-corrected chi connectivity index (χ4v) is 1.06. The Morgan fingerprint density at radius 3 is 2.73 bits per heavy atom. The number of anilines is 1. The second kappa shape index (κ2) is 2.76. The van der Waals surface area contributed by atoms with E-state index in [2.05, 4.69) is 11.6 Å². The zero-order valence-electron chi connectivity index (χ0n) is 6.12. The van der Waals surface area contributed by atoms with Crippen molar-refractivity contribution in [3.8, 4) is 0 Å². The SMILES string of the molecule is [C]1=CCNN1c1ccccc1. The quantitative estimate of drug-likeness (QED) is 0.641. The number of para-hydroxylation sites is 1. The van der Waals surface area contributed by atoms with Crippen LogP contribution in [0.1, 0.15) is 0 Å². The monoisotopic (exact) mass is 145 g/mol. The van der Waals surface area contributed by atoms with Crippen molar-refractivity contribution in [1.29, 1.82) is 0 Å². The second-order valence-electron chi connectivity index (χ2n) is 2.37. The van der Waals surface area contributed by atoms with Crippen molar-refractivity contribution < 1.29 is 0 Å². The van der Waals surface area contributed by atoms with E-state index >= 15 is 0 Å². The van der Waals surface area contributed by atoms with Crippen LogP contribution in [-0.4, -0.2) is 6.54 Å². The van der Waals surface area contributed by atoms with Crippen LogP contribution in [-0.2, 0) is 0 Å². The van der Waals surface area contributed by atoms with Crippen molar-refractivity contribution in [2.24, 2.45) is 0 Å². The summed E-state index contributed by atoms with van der Waals surface area (Å²) in [6, 6.07) is 10.1. The molecule has 1 aromatic rings. The summed E-state index contributed by atoms with van der Waals surface area (Å²) in [6.07, 6.45) is 5.04. The van der Waals surface area contributed by atoms with Crippen LogP contribution in [0.3, 0.4) is 0 Å². The zero-order valence-corrected chi connectivity index (χ0v) is 6.12. The molecular weight excluding hydrogens is 136 g/mol. The van der Waals surface area contributed by atoms with E-state index in [4.69, 9.17) is 0 Å². The Labute approximate surface area is 66.1 Å². The smallest absolute Gasteiger partial charge is 0.0800 e. The van der Waals surface area contributed by atoms with Crippen molar-refractivity contribution >= 4 is 5.69 Å². The number of nitrogens with one attached hydrogen (secondary N) is 1. The number of rotatable bonds is 1. The van der Waals surface area contributed by atoms with Crippen LogP contribution in [0, 0.1) is 6.20 Å². The molecule has 1 N–H and O–H groups in total. The zero-order chi connectivity index (χ0) is 7.52. The molecule has 0 bridgehead atoms. The number of hydrogen-bond donors (Lipinski definition) is 1. The van der Waals surface area contributed by atoms with Gasteiger partial charge in [-0.05, 0) is 18.2 Å². The summed E-state index contributed by atoms with van der Waals surface area (Å²) in [5, 5.41) is 1.89. The molecule has 1 aromatic carbocycles. The van der Waals surface area contributed by atoms with Crippen molar-refractivity contribution in [2.75, 3.05) is 11.6 Å². The van der Waals surface area contributed by atoms with Gasteiger partial charge in [0.15, 0.2) is 0 Å². The molecule has 1 aliphatic heterocycles. The third kappa shape index (κ3) is 1.25. The Morgan fingerprint density at radius 1 is 1.27 bits per heavy atom. The molecule has 0 spiro atoms. The van der Waals surface area contributed by atoms with Gasteiger partial charge in [0.2, 0.25) is 0 Å². The highest BCUT2D eigenvalue weighted by Gasteiger charge is 2.04. The van der Waals surface area contributed by atoms with Gasteiger partial charge in [0.05, 0.1) is 11.9 Å². The maximum absolute atomic E-state index is 3.14. The largest absolute Gasteiger partial charge is 0.275 e. The highest BCUT2D eigenvalue weighted by Crippen LogP contribution is 2.11. The summed E-state index contributed by atoms with van der Waals surface area (Å²) in [7, 11) is 0. The Kier molecular flexibility index (Phi) is 1.61. The van der Waals surface area contributed by atoms with Crippen LogP contribution in [0.2, 0.25) is 0 Å². The van der Waals surface area contributed by atoms with Crippen LogP contribution < -0.4 is 10.4 Å². The first-order valence-electron chi connectivity index (χ1n) is 3.63. The van der Waals surface area contributed by atoms with Crippen molar-refractivity contribution in [3.05, 3.63) is 42.6 Å². The molecule has 2 rings (SSSR count). The highest BCUT2D eigenvalue weighted by atomic mass is 15.5. The van der Waals surface area contributed by atoms with Crippen LogP contribution in [0.15, 0.2) is 36.4 Å². The average Bonchev–Trinajstić information content (AvgIpc) is 2.58. The van der Waals surface area contributed by atoms with Gasteiger partial charge in [-0.1, -0.05) is 18.2 Å². The molecule has 0 saturated heterocycles. The van der Waals surface area contributed by atoms with E-state index < -0.39 is 0 Å². The maximum atomic E-state index is 3.14. The standard InChI is InChI=1S/C9H9N2/c1-2-5-9(6-3-1)11-8-4-7-10-11/h1-6,10H,7H2. The molecule has 1 aliphatic rings. The summed E-state index contributed by atoms with van der Waals surface area (Å²) in [5.74, 6) is 0. The third-order valence-corrected chi connectivity index (χ3v) is 1.59. The van der Waals surface area contributed by atoms with Gasteiger partial charge in [-0.15, -0.1) is 0 Å². The van der Waals surface area contributed by atoms with E-state index in [1.165, 1.54) is 0 Å². The molecule has 2 nitrogen and oxygen atoms in total. The minimum absolute atomic E-state index is 0.870. The molecule has 1 heterocycles. The first-order valence-corrected chi connectivity index (χ1v) is 3.63. The fraction of sp³-hybridized carbons (Fsp3) is 0.111. The molecule has 0 saturated carbocycles. The van der Waals surface area contributed by atoms with Gasteiger partial charge in [0.1, 0.15) is 0 Å².